The van der Waals surface area contributed by atoms with Gasteiger partial charge in [0.25, 0.3) is 5.56 Å². The van der Waals surface area contributed by atoms with Crippen molar-refractivity contribution in [1.29, 1.82) is 0 Å². The van der Waals surface area contributed by atoms with E-state index >= 15 is 0 Å². The number of aryl methyl sites for hydroxylation is 1. The highest BCUT2D eigenvalue weighted by Crippen LogP contribution is 2.38. The predicted octanol–water partition coefficient (Wildman–Crippen LogP) is 1.23. The molecule has 9 heteroatoms. The normalized spacial score (nSPS) is 19.4. The molecule has 0 unspecified atom stereocenters. The lowest BCUT2D eigenvalue weighted by molar-refractivity contribution is -0.172. The molecule has 5 rings (SSSR count). The number of aromatic nitrogens is 2. The Bertz CT molecular complexity index is 1420. The number of hydrogen-bond acceptors (Lipinski definition) is 6. The van der Waals surface area contributed by atoms with Crippen LogP contribution < -0.4 is 11.0 Å². The number of phenolic OH excluding ortho intramolecular Hbond substituents is 1. The maximum absolute atomic E-state index is 13.9. The standard InChI is InChI=1S/C21H17FN2O6/c1-3-21(29)12-6-13-16-14(7-24(13)19(27)11(12)8-30-20(21)28)23(2)17-10(18(16)26)4-9(22)5-15(17)25/h4-6,25,29H,3,7-8H2,1-2H3/t21-/m0/s1. The highest BCUT2D eigenvalue weighted by molar-refractivity contribution is 5.90. The molecule has 0 saturated carbocycles. The van der Waals surface area contributed by atoms with Crippen LogP contribution in [0.1, 0.15) is 30.2 Å². The molecule has 0 amide bonds. The molecule has 0 aliphatic carbocycles. The maximum atomic E-state index is 13.9. The highest BCUT2D eigenvalue weighted by atomic mass is 19.1. The van der Waals surface area contributed by atoms with Crippen LogP contribution in [-0.4, -0.2) is 25.3 Å². The molecule has 8 nitrogen and oxygen atoms in total. The number of phenols is 1. The van der Waals surface area contributed by atoms with E-state index in [4.69, 9.17) is 4.74 Å². The zero-order valence-corrected chi connectivity index (χ0v) is 16.2. The number of nitrogens with zero attached hydrogens (tertiary/aromatic N) is 2. The summed E-state index contributed by atoms with van der Waals surface area (Å²) in [5, 5.41) is 21.1. The van der Waals surface area contributed by atoms with Crippen LogP contribution in [0, 0.1) is 5.82 Å². The summed E-state index contributed by atoms with van der Waals surface area (Å²) in [6.07, 6.45) is -0.0105. The maximum Gasteiger partial charge on any atom is 0.343 e. The van der Waals surface area contributed by atoms with Gasteiger partial charge in [-0.05, 0) is 18.6 Å². The second kappa shape index (κ2) is 5.79. The van der Waals surface area contributed by atoms with Gasteiger partial charge in [-0.1, -0.05) is 6.92 Å². The van der Waals surface area contributed by atoms with Gasteiger partial charge in [0.1, 0.15) is 18.2 Å². The molecule has 154 valence electrons. The molecule has 1 aromatic carbocycles. The quantitative estimate of drug-likeness (QED) is 0.455. The lowest BCUT2D eigenvalue weighted by atomic mass is 9.86. The Morgan fingerprint density at radius 1 is 1.23 bits per heavy atom. The highest BCUT2D eigenvalue weighted by Gasteiger charge is 2.45. The second-order valence-corrected chi connectivity index (χ2v) is 7.63. The molecule has 0 saturated heterocycles. The molecular weight excluding hydrogens is 395 g/mol. The lowest BCUT2D eigenvalue weighted by Gasteiger charge is -2.31. The van der Waals surface area contributed by atoms with Crippen molar-refractivity contribution in [2.45, 2.75) is 32.1 Å². The number of cyclic esters (lactones) is 1. The molecule has 2 aromatic heterocycles. The lowest BCUT2D eigenvalue weighted by Crippen LogP contribution is -2.44. The van der Waals surface area contributed by atoms with Crippen LogP contribution >= 0.6 is 0 Å². The van der Waals surface area contributed by atoms with Gasteiger partial charge in [-0.25, -0.2) is 9.18 Å². The Morgan fingerprint density at radius 3 is 2.67 bits per heavy atom. The third kappa shape index (κ3) is 2.10. The minimum absolute atomic E-state index is 0.0105. The fourth-order valence-corrected chi connectivity index (χ4v) is 4.54. The first kappa shape index (κ1) is 18.6. The first-order chi connectivity index (χ1) is 14.2. The van der Waals surface area contributed by atoms with Crippen LogP contribution in [0.15, 0.2) is 27.8 Å². The van der Waals surface area contributed by atoms with Crippen molar-refractivity contribution in [2.24, 2.45) is 7.05 Å². The van der Waals surface area contributed by atoms with E-state index < -0.39 is 28.4 Å². The van der Waals surface area contributed by atoms with Gasteiger partial charge in [0.05, 0.1) is 40.0 Å². The number of halogens is 1. The third-order valence-corrected chi connectivity index (χ3v) is 6.16. The number of fused-ring (bicyclic) bond motifs is 5. The minimum Gasteiger partial charge on any atom is -0.506 e. The van der Waals surface area contributed by atoms with Crippen molar-refractivity contribution in [3.8, 4) is 17.0 Å². The molecule has 1 atom stereocenters. The number of hydrogen-bond donors (Lipinski definition) is 2. The molecule has 3 aromatic rings. The van der Waals surface area contributed by atoms with Crippen LogP contribution in [-0.2, 0) is 35.3 Å². The van der Waals surface area contributed by atoms with Crippen LogP contribution in [0.5, 0.6) is 5.75 Å². The first-order valence-electron chi connectivity index (χ1n) is 9.40. The van der Waals surface area contributed by atoms with Gasteiger partial charge >= 0.3 is 5.97 Å². The smallest absolute Gasteiger partial charge is 0.343 e. The molecule has 0 radical (unpaired) electrons. The summed E-state index contributed by atoms with van der Waals surface area (Å²) in [6.45, 7) is 1.37. The van der Waals surface area contributed by atoms with Crippen molar-refractivity contribution >= 4 is 16.9 Å². The van der Waals surface area contributed by atoms with Crippen molar-refractivity contribution in [3.05, 3.63) is 61.4 Å². The number of pyridine rings is 2. The monoisotopic (exact) mass is 412 g/mol. The zero-order valence-electron chi connectivity index (χ0n) is 16.2. The number of ether oxygens (including phenoxy) is 1. The van der Waals surface area contributed by atoms with E-state index in [9.17, 15) is 29.0 Å². The van der Waals surface area contributed by atoms with Crippen LogP contribution in [0.2, 0.25) is 0 Å². The van der Waals surface area contributed by atoms with E-state index in [0.29, 0.717) is 5.69 Å². The summed E-state index contributed by atoms with van der Waals surface area (Å²) >= 11 is 0. The number of carbonyl (C=O) groups is 1. The number of carbonyl (C=O) groups excluding carboxylic acids is 1. The van der Waals surface area contributed by atoms with Crippen molar-refractivity contribution < 1.29 is 24.1 Å². The fourth-order valence-electron chi connectivity index (χ4n) is 4.54. The SMILES string of the molecule is CC[C@@]1(O)C(=O)OCc2c1cc1n(c2=O)Cc2c-1c(=O)c1cc(F)cc(O)c1n2C. The van der Waals surface area contributed by atoms with Gasteiger partial charge in [0.2, 0.25) is 0 Å². The third-order valence-electron chi connectivity index (χ3n) is 6.16. The summed E-state index contributed by atoms with van der Waals surface area (Å²) < 4.78 is 21.8. The predicted molar refractivity (Wildman–Crippen MR) is 104 cm³/mol. The van der Waals surface area contributed by atoms with E-state index in [-0.39, 0.29) is 58.6 Å². The van der Waals surface area contributed by atoms with Crippen molar-refractivity contribution in [3.63, 3.8) is 0 Å². The van der Waals surface area contributed by atoms with Crippen LogP contribution in [0.25, 0.3) is 22.2 Å². The van der Waals surface area contributed by atoms with Gasteiger partial charge in [0.15, 0.2) is 11.0 Å². The van der Waals surface area contributed by atoms with Crippen molar-refractivity contribution in [2.75, 3.05) is 0 Å². The summed E-state index contributed by atoms with van der Waals surface area (Å²) in [5.74, 6) is -1.99. The summed E-state index contributed by atoms with van der Waals surface area (Å²) in [6, 6.07) is 3.43. The summed E-state index contributed by atoms with van der Waals surface area (Å²) in [5.41, 5.74) is -1.70. The Kier molecular flexibility index (Phi) is 3.58. The molecule has 2 aliphatic rings. The number of aliphatic hydroxyl groups is 1. The number of benzene rings is 1. The second-order valence-electron chi connectivity index (χ2n) is 7.63. The van der Waals surface area contributed by atoms with E-state index in [0.717, 1.165) is 12.1 Å². The topological polar surface area (TPSA) is 111 Å². The van der Waals surface area contributed by atoms with E-state index in [1.54, 1.807) is 18.5 Å². The number of esters is 1. The van der Waals surface area contributed by atoms with E-state index in [1.165, 1.54) is 10.6 Å². The minimum atomic E-state index is -1.99. The van der Waals surface area contributed by atoms with Gasteiger partial charge in [-0.2, -0.15) is 0 Å². The molecule has 2 aliphatic heterocycles. The molecule has 30 heavy (non-hydrogen) atoms. The molecule has 4 heterocycles. The average Bonchev–Trinajstić information content (AvgIpc) is 3.09. The van der Waals surface area contributed by atoms with Gasteiger partial charge in [-0.3, -0.25) is 9.59 Å². The van der Waals surface area contributed by atoms with E-state index in [1.807, 2.05) is 0 Å². The summed E-state index contributed by atoms with van der Waals surface area (Å²) in [7, 11) is 1.62. The largest absolute Gasteiger partial charge is 0.506 e. The molecule has 2 N–H and O–H groups in total. The zero-order chi connectivity index (χ0) is 21.5. The van der Waals surface area contributed by atoms with E-state index in [2.05, 4.69) is 0 Å². The molecule has 0 fully saturated rings. The van der Waals surface area contributed by atoms with Crippen LogP contribution in [0.4, 0.5) is 4.39 Å². The molecule has 0 spiro atoms. The fraction of sp³-hybridized carbons (Fsp3) is 0.286. The average molecular weight is 412 g/mol. The van der Waals surface area contributed by atoms with Gasteiger partial charge in [-0.15, -0.1) is 0 Å². The molecular formula is C21H17FN2O6. The summed E-state index contributed by atoms with van der Waals surface area (Å²) in [4.78, 5) is 38.6. The Morgan fingerprint density at radius 2 is 1.97 bits per heavy atom. The Labute approximate surface area is 168 Å². The Balaban J connectivity index is 1.91. The van der Waals surface area contributed by atoms with Gasteiger partial charge in [0, 0.05) is 18.7 Å². The number of rotatable bonds is 1. The van der Waals surface area contributed by atoms with Crippen LogP contribution in [0.3, 0.4) is 0 Å². The number of aromatic hydroxyl groups is 1. The Hall–Kier alpha value is -3.46. The molecule has 0 bridgehead atoms. The first-order valence-corrected chi connectivity index (χ1v) is 9.40. The van der Waals surface area contributed by atoms with Gasteiger partial charge < -0.3 is 24.1 Å². The van der Waals surface area contributed by atoms with Crippen molar-refractivity contribution in [1.82, 2.24) is 9.13 Å².